The molecule has 4 heteroatoms. The van der Waals surface area contributed by atoms with Gasteiger partial charge >= 0.3 is 0 Å². The standard InChI is InChI=1S/C15H9N3S/c16-9-10-4-3-5-11(8-10)14-12-6-1-2-7-13(12)15(19)18-17-14/h1-8H,(H,18,19). The molecule has 1 heterocycles. The van der Waals surface area contributed by atoms with Crippen molar-refractivity contribution < 1.29 is 0 Å². The van der Waals surface area contributed by atoms with Crippen LogP contribution in [0.2, 0.25) is 0 Å². The first-order valence-electron chi connectivity index (χ1n) is 5.77. The van der Waals surface area contributed by atoms with Crippen molar-refractivity contribution >= 4 is 23.0 Å². The Hall–Kier alpha value is -2.51. The lowest BCUT2D eigenvalue weighted by Gasteiger charge is -2.05. The molecule has 3 rings (SSSR count). The summed E-state index contributed by atoms with van der Waals surface area (Å²) < 4.78 is 0.621. The Balaban J connectivity index is 2.34. The molecule has 0 saturated heterocycles. The molecular formula is C15H9N3S. The fourth-order valence-electron chi connectivity index (χ4n) is 2.07. The van der Waals surface area contributed by atoms with Crippen LogP contribution in [0.3, 0.4) is 0 Å². The van der Waals surface area contributed by atoms with Gasteiger partial charge in [-0.3, -0.25) is 5.10 Å². The van der Waals surface area contributed by atoms with Crippen LogP contribution in [0.25, 0.3) is 22.0 Å². The molecule has 3 aromatic rings. The molecular weight excluding hydrogens is 254 g/mol. The van der Waals surface area contributed by atoms with Gasteiger partial charge in [0, 0.05) is 16.3 Å². The summed E-state index contributed by atoms with van der Waals surface area (Å²) in [5.74, 6) is 0. The summed E-state index contributed by atoms with van der Waals surface area (Å²) in [7, 11) is 0. The molecule has 1 N–H and O–H groups in total. The maximum atomic E-state index is 8.97. The zero-order valence-corrected chi connectivity index (χ0v) is 10.7. The Morgan fingerprint density at radius 1 is 1.05 bits per heavy atom. The smallest absolute Gasteiger partial charge is 0.127 e. The zero-order valence-electron chi connectivity index (χ0n) is 9.92. The summed E-state index contributed by atoms with van der Waals surface area (Å²) in [5, 5.41) is 18.1. The first kappa shape index (κ1) is 11.6. The average molecular weight is 263 g/mol. The maximum absolute atomic E-state index is 8.97. The number of hydrogen-bond donors (Lipinski definition) is 1. The van der Waals surface area contributed by atoms with Gasteiger partial charge in [0.1, 0.15) is 4.64 Å². The number of rotatable bonds is 1. The molecule has 0 unspecified atom stereocenters. The van der Waals surface area contributed by atoms with E-state index in [0.717, 1.165) is 22.0 Å². The summed E-state index contributed by atoms with van der Waals surface area (Å²) in [5.41, 5.74) is 2.33. The van der Waals surface area contributed by atoms with Gasteiger partial charge in [0.15, 0.2) is 0 Å². The van der Waals surface area contributed by atoms with E-state index in [2.05, 4.69) is 16.3 Å². The van der Waals surface area contributed by atoms with Gasteiger partial charge < -0.3 is 0 Å². The van der Waals surface area contributed by atoms with Gasteiger partial charge in [-0.2, -0.15) is 10.4 Å². The van der Waals surface area contributed by atoms with Crippen LogP contribution < -0.4 is 0 Å². The SMILES string of the molecule is N#Cc1cccc(-c2n[nH]c(=S)c3ccccc23)c1. The van der Waals surface area contributed by atoms with Gasteiger partial charge in [-0.15, -0.1) is 0 Å². The molecule has 0 spiro atoms. The van der Waals surface area contributed by atoms with Gasteiger partial charge in [-0.25, -0.2) is 0 Å². The van der Waals surface area contributed by atoms with E-state index in [0.29, 0.717) is 10.2 Å². The van der Waals surface area contributed by atoms with E-state index in [1.807, 2.05) is 42.5 Å². The summed E-state index contributed by atoms with van der Waals surface area (Å²) in [6, 6.07) is 17.4. The highest BCUT2D eigenvalue weighted by molar-refractivity contribution is 7.71. The number of benzene rings is 2. The minimum atomic E-state index is 0.617. The summed E-state index contributed by atoms with van der Waals surface area (Å²) in [6.07, 6.45) is 0. The topological polar surface area (TPSA) is 52.5 Å². The van der Waals surface area contributed by atoms with E-state index in [4.69, 9.17) is 17.5 Å². The molecule has 0 aliphatic rings. The number of hydrogen-bond acceptors (Lipinski definition) is 3. The molecule has 90 valence electrons. The zero-order chi connectivity index (χ0) is 13.2. The van der Waals surface area contributed by atoms with Crippen LogP contribution in [0, 0.1) is 16.0 Å². The lowest BCUT2D eigenvalue weighted by Crippen LogP contribution is -1.91. The Morgan fingerprint density at radius 3 is 2.63 bits per heavy atom. The fourth-order valence-corrected chi connectivity index (χ4v) is 2.29. The minimum absolute atomic E-state index is 0.617. The lowest BCUT2D eigenvalue weighted by molar-refractivity contribution is 1.04. The Bertz CT molecular complexity index is 859. The van der Waals surface area contributed by atoms with Crippen molar-refractivity contribution in [1.82, 2.24) is 10.2 Å². The number of aromatic nitrogens is 2. The number of H-pyrrole nitrogens is 1. The van der Waals surface area contributed by atoms with Crippen LogP contribution >= 0.6 is 12.2 Å². The van der Waals surface area contributed by atoms with E-state index in [1.165, 1.54) is 0 Å². The third kappa shape index (κ3) is 2.01. The molecule has 0 aliphatic carbocycles. The van der Waals surface area contributed by atoms with Crippen molar-refractivity contribution in [3.8, 4) is 17.3 Å². The highest BCUT2D eigenvalue weighted by Gasteiger charge is 2.07. The molecule has 0 radical (unpaired) electrons. The van der Waals surface area contributed by atoms with Crippen molar-refractivity contribution in [1.29, 1.82) is 5.26 Å². The van der Waals surface area contributed by atoms with Crippen molar-refractivity contribution in [3.63, 3.8) is 0 Å². The maximum Gasteiger partial charge on any atom is 0.127 e. The van der Waals surface area contributed by atoms with E-state index >= 15 is 0 Å². The molecule has 19 heavy (non-hydrogen) atoms. The number of nitrogens with zero attached hydrogens (tertiary/aromatic N) is 2. The van der Waals surface area contributed by atoms with Gasteiger partial charge in [0.2, 0.25) is 0 Å². The predicted molar refractivity (Wildman–Crippen MR) is 77.1 cm³/mol. The van der Waals surface area contributed by atoms with Gasteiger partial charge in [0.25, 0.3) is 0 Å². The van der Waals surface area contributed by atoms with Crippen LogP contribution in [0.1, 0.15) is 5.56 Å². The lowest BCUT2D eigenvalue weighted by atomic mass is 10.0. The van der Waals surface area contributed by atoms with Crippen LogP contribution in [-0.2, 0) is 0 Å². The minimum Gasteiger partial charge on any atom is -0.267 e. The number of aromatic amines is 1. The molecule has 3 nitrogen and oxygen atoms in total. The van der Waals surface area contributed by atoms with Crippen LogP contribution in [0.4, 0.5) is 0 Å². The number of nitrogens with one attached hydrogen (secondary N) is 1. The normalized spacial score (nSPS) is 10.3. The predicted octanol–water partition coefficient (Wildman–Crippen LogP) is 3.83. The molecule has 1 aromatic heterocycles. The second-order valence-electron chi connectivity index (χ2n) is 4.14. The van der Waals surface area contributed by atoms with Crippen LogP contribution in [-0.4, -0.2) is 10.2 Å². The molecule has 0 aliphatic heterocycles. The Morgan fingerprint density at radius 2 is 1.84 bits per heavy atom. The monoisotopic (exact) mass is 263 g/mol. The van der Waals surface area contributed by atoms with Gasteiger partial charge in [0.05, 0.1) is 17.3 Å². The summed E-state index contributed by atoms with van der Waals surface area (Å²) in [4.78, 5) is 0. The van der Waals surface area contributed by atoms with E-state index in [1.54, 1.807) is 6.07 Å². The van der Waals surface area contributed by atoms with Crippen LogP contribution in [0.5, 0.6) is 0 Å². The quantitative estimate of drug-likeness (QED) is 0.679. The summed E-state index contributed by atoms with van der Waals surface area (Å²) >= 11 is 5.24. The third-order valence-electron chi connectivity index (χ3n) is 2.96. The number of fused-ring (bicyclic) bond motifs is 1. The highest BCUT2D eigenvalue weighted by Crippen LogP contribution is 2.26. The van der Waals surface area contributed by atoms with Crippen molar-refractivity contribution in [2.45, 2.75) is 0 Å². The van der Waals surface area contributed by atoms with Crippen LogP contribution in [0.15, 0.2) is 48.5 Å². The second kappa shape index (κ2) is 4.63. The number of nitriles is 1. The van der Waals surface area contributed by atoms with E-state index in [9.17, 15) is 0 Å². The molecule has 0 saturated carbocycles. The Labute approximate surface area is 115 Å². The van der Waals surface area contributed by atoms with Crippen molar-refractivity contribution in [3.05, 3.63) is 58.7 Å². The Kier molecular flexibility index (Phi) is 2.82. The molecule has 2 aromatic carbocycles. The largest absolute Gasteiger partial charge is 0.267 e. The third-order valence-corrected chi connectivity index (χ3v) is 3.27. The molecule has 0 atom stereocenters. The van der Waals surface area contributed by atoms with Crippen molar-refractivity contribution in [2.24, 2.45) is 0 Å². The average Bonchev–Trinajstić information content (AvgIpc) is 2.48. The van der Waals surface area contributed by atoms with Gasteiger partial charge in [-0.05, 0) is 12.1 Å². The second-order valence-corrected chi connectivity index (χ2v) is 4.55. The molecule has 0 fully saturated rings. The molecule has 0 bridgehead atoms. The van der Waals surface area contributed by atoms with Crippen molar-refractivity contribution in [2.75, 3.05) is 0 Å². The van der Waals surface area contributed by atoms with E-state index < -0.39 is 0 Å². The van der Waals surface area contributed by atoms with E-state index in [-0.39, 0.29) is 0 Å². The summed E-state index contributed by atoms with van der Waals surface area (Å²) in [6.45, 7) is 0. The first-order valence-corrected chi connectivity index (χ1v) is 6.18. The fraction of sp³-hybridized carbons (Fsp3) is 0. The first-order chi connectivity index (χ1) is 9.29. The highest BCUT2D eigenvalue weighted by atomic mass is 32.1. The molecule has 0 amide bonds. The van der Waals surface area contributed by atoms with Gasteiger partial charge in [-0.1, -0.05) is 48.6 Å².